The molecule has 0 saturated carbocycles. The van der Waals surface area contributed by atoms with Crippen LogP contribution in [0.2, 0.25) is 0 Å². The number of ether oxygens (including phenoxy) is 1. The molecule has 4 aromatic carbocycles. The molecule has 0 radical (unpaired) electrons. The minimum atomic E-state index is -0.698. The lowest BCUT2D eigenvalue weighted by atomic mass is 9.95. The predicted molar refractivity (Wildman–Crippen MR) is 187 cm³/mol. The van der Waals surface area contributed by atoms with Crippen LogP contribution in [0.25, 0.3) is 17.0 Å². The standard InChI is InChI=1S/C37H29BrN4O3S/c1-23-33(35(43)40-28-10-4-3-5-11-28)34(25-9-8-12-29(19-25)45-2)42-36(44)32(46-37(42)39-23)20-26-22-41(31-14-7-6-13-30(26)31)21-24-15-17-27(38)18-16-24/h3-20,22,34H,21H2,1-2H3,(H,40,43)/b32-20-/t34-/m1/s1. The second-order valence-electron chi connectivity index (χ2n) is 11.0. The topological polar surface area (TPSA) is 77.6 Å². The van der Waals surface area contributed by atoms with Crippen LogP contribution in [0.4, 0.5) is 5.69 Å². The van der Waals surface area contributed by atoms with E-state index in [2.05, 4.69) is 56.3 Å². The van der Waals surface area contributed by atoms with Gasteiger partial charge in [-0.05, 0) is 66.6 Å². The number of rotatable bonds is 7. The van der Waals surface area contributed by atoms with E-state index in [1.54, 1.807) is 11.7 Å². The smallest absolute Gasteiger partial charge is 0.271 e. The molecule has 7 rings (SSSR count). The van der Waals surface area contributed by atoms with Gasteiger partial charge in [-0.2, -0.15) is 0 Å². The van der Waals surface area contributed by atoms with E-state index < -0.39 is 6.04 Å². The van der Waals surface area contributed by atoms with Crippen LogP contribution in [0.3, 0.4) is 0 Å². The fourth-order valence-electron chi connectivity index (χ4n) is 5.91. The van der Waals surface area contributed by atoms with Crippen molar-refractivity contribution in [2.75, 3.05) is 12.4 Å². The monoisotopic (exact) mass is 688 g/mol. The number of benzene rings is 4. The Morgan fingerprint density at radius 1 is 1.00 bits per heavy atom. The number of para-hydroxylation sites is 2. The summed E-state index contributed by atoms with van der Waals surface area (Å²) in [5, 5.41) is 4.05. The Labute approximate surface area is 277 Å². The van der Waals surface area contributed by atoms with Gasteiger partial charge in [0.25, 0.3) is 11.5 Å². The number of fused-ring (bicyclic) bond motifs is 2. The van der Waals surface area contributed by atoms with Crippen molar-refractivity contribution >= 4 is 55.8 Å². The zero-order valence-corrected chi connectivity index (χ0v) is 27.5. The minimum Gasteiger partial charge on any atom is -0.497 e. The van der Waals surface area contributed by atoms with Gasteiger partial charge in [-0.3, -0.25) is 14.2 Å². The van der Waals surface area contributed by atoms with Gasteiger partial charge < -0.3 is 14.6 Å². The third-order valence-corrected chi connectivity index (χ3v) is 9.59. The van der Waals surface area contributed by atoms with Gasteiger partial charge in [-0.15, -0.1) is 0 Å². The first-order valence-electron chi connectivity index (χ1n) is 14.7. The van der Waals surface area contributed by atoms with Crippen molar-refractivity contribution in [1.82, 2.24) is 9.13 Å². The fraction of sp³-hybridized carbons (Fsp3) is 0.108. The highest BCUT2D eigenvalue weighted by Crippen LogP contribution is 2.32. The molecule has 1 aliphatic heterocycles. The molecule has 2 aromatic heterocycles. The highest BCUT2D eigenvalue weighted by molar-refractivity contribution is 9.10. The molecule has 0 unspecified atom stereocenters. The molecule has 228 valence electrons. The molecule has 46 heavy (non-hydrogen) atoms. The lowest BCUT2D eigenvalue weighted by Crippen LogP contribution is -2.40. The second kappa shape index (κ2) is 12.4. The SMILES string of the molecule is COc1cccc([C@@H]2C(C(=O)Nc3ccccc3)=C(C)N=c3s/c(=C\c4cn(Cc5ccc(Br)cc5)c5ccccc45)c(=O)n32)c1. The van der Waals surface area contributed by atoms with E-state index in [0.717, 1.165) is 26.5 Å². The van der Waals surface area contributed by atoms with Crippen LogP contribution in [0.5, 0.6) is 5.75 Å². The summed E-state index contributed by atoms with van der Waals surface area (Å²) in [6.07, 6.45) is 4.03. The summed E-state index contributed by atoms with van der Waals surface area (Å²) in [7, 11) is 1.60. The Hall–Kier alpha value is -4.99. The van der Waals surface area contributed by atoms with E-state index in [1.165, 1.54) is 16.9 Å². The average Bonchev–Trinajstić information content (AvgIpc) is 3.57. The molecular weight excluding hydrogens is 660 g/mol. The van der Waals surface area contributed by atoms with E-state index in [-0.39, 0.29) is 11.5 Å². The Morgan fingerprint density at radius 2 is 1.76 bits per heavy atom. The van der Waals surface area contributed by atoms with Crippen LogP contribution in [0.15, 0.2) is 135 Å². The van der Waals surface area contributed by atoms with Gasteiger partial charge in [0.2, 0.25) is 0 Å². The number of hydrogen-bond acceptors (Lipinski definition) is 5. The summed E-state index contributed by atoms with van der Waals surface area (Å²) in [6.45, 7) is 2.51. The van der Waals surface area contributed by atoms with Crippen molar-refractivity contribution in [2.45, 2.75) is 19.5 Å². The van der Waals surface area contributed by atoms with Crippen molar-refractivity contribution in [2.24, 2.45) is 4.99 Å². The van der Waals surface area contributed by atoms with Gasteiger partial charge >= 0.3 is 0 Å². The number of carbonyl (C=O) groups is 1. The Balaban J connectivity index is 1.36. The summed E-state index contributed by atoms with van der Waals surface area (Å²) in [4.78, 5) is 33.5. The van der Waals surface area contributed by atoms with Crippen molar-refractivity contribution in [1.29, 1.82) is 0 Å². The first-order chi connectivity index (χ1) is 22.4. The molecule has 0 aliphatic carbocycles. The highest BCUT2D eigenvalue weighted by Gasteiger charge is 2.33. The van der Waals surface area contributed by atoms with Gasteiger partial charge in [0.05, 0.1) is 29.0 Å². The minimum absolute atomic E-state index is 0.209. The number of aromatic nitrogens is 2. The molecule has 0 fully saturated rings. The third kappa shape index (κ3) is 5.63. The largest absolute Gasteiger partial charge is 0.497 e. The van der Waals surface area contributed by atoms with Crippen molar-refractivity contribution < 1.29 is 9.53 Å². The Kier molecular flexibility index (Phi) is 8.02. The summed E-state index contributed by atoms with van der Waals surface area (Å²) in [5.74, 6) is 0.321. The number of anilines is 1. The second-order valence-corrected chi connectivity index (χ2v) is 13.0. The molecule has 0 saturated heterocycles. The maximum atomic E-state index is 14.3. The lowest BCUT2D eigenvalue weighted by Gasteiger charge is -2.25. The zero-order valence-electron chi connectivity index (χ0n) is 25.1. The molecule has 9 heteroatoms. The molecule has 0 spiro atoms. The van der Waals surface area contributed by atoms with Crippen molar-refractivity contribution in [3.05, 3.63) is 161 Å². The third-order valence-electron chi connectivity index (χ3n) is 8.08. The van der Waals surface area contributed by atoms with E-state index >= 15 is 0 Å². The average molecular weight is 690 g/mol. The molecule has 1 atom stereocenters. The number of halogens is 1. The van der Waals surface area contributed by atoms with Gasteiger partial charge in [-0.25, -0.2) is 4.99 Å². The number of nitrogens with zero attached hydrogens (tertiary/aromatic N) is 3. The van der Waals surface area contributed by atoms with E-state index in [0.29, 0.717) is 38.6 Å². The Morgan fingerprint density at radius 3 is 2.54 bits per heavy atom. The number of allylic oxidation sites excluding steroid dienone is 1. The molecule has 0 bridgehead atoms. The van der Waals surface area contributed by atoms with Crippen LogP contribution >= 0.6 is 27.3 Å². The van der Waals surface area contributed by atoms with Gasteiger partial charge in [0.1, 0.15) is 5.75 Å². The van der Waals surface area contributed by atoms with Crippen LogP contribution < -0.4 is 24.9 Å². The first-order valence-corrected chi connectivity index (χ1v) is 16.4. The van der Waals surface area contributed by atoms with Crippen LogP contribution in [0, 0.1) is 0 Å². The lowest BCUT2D eigenvalue weighted by molar-refractivity contribution is -0.113. The molecule has 1 N–H and O–H groups in total. The summed E-state index contributed by atoms with van der Waals surface area (Å²) in [6, 6.07) is 32.6. The summed E-state index contributed by atoms with van der Waals surface area (Å²) in [5.41, 5.74) is 5.36. The summed E-state index contributed by atoms with van der Waals surface area (Å²) >= 11 is 4.84. The molecule has 1 amide bonds. The normalized spacial score (nSPS) is 14.7. The fourth-order valence-corrected chi connectivity index (χ4v) is 7.21. The van der Waals surface area contributed by atoms with Crippen molar-refractivity contribution in [3.63, 3.8) is 0 Å². The van der Waals surface area contributed by atoms with Crippen LogP contribution in [0.1, 0.15) is 29.7 Å². The van der Waals surface area contributed by atoms with Crippen LogP contribution in [-0.2, 0) is 11.3 Å². The molecule has 3 heterocycles. The highest BCUT2D eigenvalue weighted by atomic mass is 79.9. The van der Waals surface area contributed by atoms with Crippen LogP contribution in [-0.4, -0.2) is 22.2 Å². The molecule has 7 nitrogen and oxygen atoms in total. The predicted octanol–water partition coefficient (Wildman–Crippen LogP) is 6.65. The van der Waals surface area contributed by atoms with Gasteiger partial charge in [-0.1, -0.05) is 87.9 Å². The molecule has 6 aromatic rings. The Bertz CT molecular complexity index is 2320. The number of carbonyl (C=O) groups excluding carboxylic acids is 1. The van der Waals surface area contributed by atoms with Gasteiger partial charge in [0.15, 0.2) is 4.80 Å². The summed E-state index contributed by atoms with van der Waals surface area (Å²) < 4.78 is 10.9. The number of hydrogen-bond donors (Lipinski definition) is 1. The first kappa shape index (κ1) is 29.7. The number of amides is 1. The van der Waals surface area contributed by atoms with Crippen molar-refractivity contribution in [3.8, 4) is 5.75 Å². The maximum Gasteiger partial charge on any atom is 0.271 e. The number of thiazole rings is 1. The van der Waals surface area contributed by atoms with Gasteiger partial charge in [0, 0.05) is 39.4 Å². The molecule has 1 aliphatic rings. The quantitative estimate of drug-likeness (QED) is 0.204. The van der Waals surface area contributed by atoms with E-state index in [4.69, 9.17) is 9.73 Å². The molecular formula is C37H29BrN4O3S. The zero-order chi connectivity index (χ0) is 31.8. The number of methoxy groups -OCH3 is 1. The van der Waals surface area contributed by atoms with E-state index in [9.17, 15) is 9.59 Å². The number of nitrogens with one attached hydrogen (secondary N) is 1. The maximum absolute atomic E-state index is 14.3. The van der Waals surface area contributed by atoms with E-state index in [1.807, 2.05) is 91.9 Å².